The number of nitrogens with zero attached hydrogens (tertiary/aromatic N) is 1. The molecule has 1 fully saturated rings. The highest BCUT2D eigenvalue weighted by atomic mass is 16.6. The lowest BCUT2D eigenvalue weighted by molar-refractivity contribution is -0.0701. The van der Waals surface area contributed by atoms with Gasteiger partial charge >= 0.3 is 6.09 Å². The van der Waals surface area contributed by atoms with Crippen molar-refractivity contribution in [3.63, 3.8) is 0 Å². The van der Waals surface area contributed by atoms with E-state index < -0.39 is 22.9 Å². The molecule has 1 aliphatic rings. The van der Waals surface area contributed by atoms with Crippen molar-refractivity contribution in [1.29, 1.82) is 0 Å². The number of carbonyl (C=O) groups is 1. The molecule has 0 saturated carbocycles. The molecule has 2 aromatic rings. The van der Waals surface area contributed by atoms with Crippen molar-refractivity contribution in [3.05, 3.63) is 66.7 Å². The van der Waals surface area contributed by atoms with E-state index in [1.807, 2.05) is 55.5 Å². The minimum Gasteiger partial charge on any atom is -0.491 e. The molecule has 34 heavy (non-hydrogen) atoms. The van der Waals surface area contributed by atoms with Crippen LogP contribution in [0.5, 0.6) is 5.75 Å². The summed E-state index contributed by atoms with van der Waals surface area (Å²) in [7, 11) is 0. The second-order valence-electron chi connectivity index (χ2n) is 10.5. The molecule has 0 radical (unpaired) electrons. The van der Waals surface area contributed by atoms with Crippen LogP contribution in [0.1, 0.15) is 59.1 Å². The molecule has 1 saturated heterocycles. The molecule has 6 heteroatoms. The molecule has 184 valence electrons. The third kappa shape index (κ3) is 6.61. The van der Waals surface area contributed by atoms with Crippen molar-refractivity contribution in [1.82, 2.24) is 4.90 Å². The maximum atomic E-state index is 12.9. The van der Waals surface area contributed by atoms with Crippen molar-refractivity contribution in [2.24, 2.45) is 0 Å². The highest BCUT2D eigenvalue weighted by molar-refractivity contribution is 5.70. The predicted molar refractivity (Wildman–Crippen MR) is 134 cm³/mol. The second kappa shape index (κ2) is 9.80. The van der Waals surface area contributed by atoms with Crippen LogP contribution < -0.4 is 4.74 Å². The molecule has 2 atom stereocenters. The molecule has 1 amide bonds. The number of benzene rings is 2. The molecule has 3 rings (SSSR count). The lowest BCUT2D eigenvalue weighted by atomic mass is 9.85. The Hall–Kier alpha value is -2.83. The Morgan fingerprint density at radius 1 is 1.06 bits per heavy atom. The summed E-state index contributed by atoms with van der Waals surface area (Å²) in [6.07, 6.45) is 2.14. The van der Waals surface area contributed by atoms with Crippen LogP contribution in [0.15, 0.2) is 61.2 Å². The first-order chi connectivity index (χ1) is 15.8. The summed E-state index contributed by atoms with van der Waals surface area (Å²) in [6, 6.07) is 15.7. The number of ether oxygens (including phenoxy) is 2. The Kier molecular flexibility index (Phi) is 7.44. The number of aliphatic hydroxyl groups is 2. The minimum absolute atomic E-state index is 0.149. The zero-order valence-electron chi connectivity index (χ0n) is 20.9. The number of cyclic esters (lactones) is 1. The van der Waals surface area contributed by atoms with Crippen LogP contribution in [0, 0.1) is 0 Å². The molecule has 0 aliphatic carbocycles. The number of hydrogen-bond donors (Lipinski definition) is 2. The summed E-state index contributed by atoms with van der Waals surface area (Å²) < 4.78 is 11.4. The summed E-state index contributed by atoms with van der Waals surface area (Å²) in [6.45, 7) is 13.4. The highest BCUT2D eigenvalue weighted by Crippen LogP contribution is 2.36. The van der Waals surface area contributed by atoms with Crippen LogP contribution in [-0.2, 0) is 4.74 Å². The summed E-state index contributed by atoms with van der Waals surface area (Å²) in [5, 5.41) is 20.0. The monoisotopic (exact) mass is 467 g/mol. The van der Waals surface area contributed by atoms with Gasteiger partial charge in [-0.05, 0) is 69.5 Å². The molecule has 1 heterocycles. The van der Waals surface area contributed by atoms with E-state index >= 15 is 0 Å². The molecule has 0 spiro atoms. The average molecular weight is 468 g/mol. The Bertz CT molecular complexity index is 985. The van der Waals surface area contributed by atoms with E-state index in [1.165, 1.54) is 0 Å². The van der Waals surface area contributed by atoms with Gasteiger partial charge in [-0.3, -0.25) is 0 Å². The largest absolute Gasteiger partial charge is 0.491 e. The Balaban J connectivity index is 1.66. The number of rotatable bonds is 9. The summed E-state index contributed by atoms with van der Waals surface area (Å²) >= 11 is 0. The van der Waals surface area contributed by atoms with E-state index in [0.717, 1.165) is 16.7 Å². The van der Waals surface area contributed by atoms with Crippen molar-refractivity contribution in [2.75, 3.05) is 13.2 Å². The number of hydrogen-bond acceptors (Lipinski definition) is 5. The number of amides is 1. The van der Waals surface area contributed by atoms with Crippen LogP contribution >= 0.6 is 0 Å². The van der Waals surface area contributed by atoms with E-state index in [4.69, 9.17) is 9.47 Å². The van der Waals surface area contributed by atoms with Crippen LogP contribution in [0.4, 0.5) is 4.79 Å². The topological polar surface area (TPSA) is 79.2 Å². The second-order valence-corrected chi connectivity index (χ2v) is 10.5. The third-order valence-corrected chi connectivity index (χ3v) is 6.05. The van der Waals surface area contributed by atoms with Gasteiger partial charge in [0.15, 0.2) is 0 Å². The van der Waals surface area contributed by atoms with Gasteiger partial charge in [0.25, 0.3) is 0 Å². The normalized spacial score (nSPS) is 20.0. The molecule has 2 N–H and O–H groups in total. The van der Waals surface area contributed by atoms with Crippen molar-refractivity contribution >= 4 is 6.09 Å². The molecular formula is C28H37NO5. The first-order valence-corrected chi connectivity index (χ1v) is 11.7. The van der Waals surface area contributed by atoms with E-state index in [-0.39, 0.29) is 12.6 Å². The maximum Gasteiger partial charge on any atom is 0.411 e. The van der Waals surface area contributed by atoms with Crippen molar-refractivity contribution < 1.29 is 24.5 Å². The highest BCUT2D eigenvalue weighted by Gasteiger charge is 2.43. The summed E-state index contributed by atoms with van der Waals surface area (Å²) in [5.74, 6) is 0.708. The van der Waals surface area contributed by atoms with E-state index in [2.05, 4.69) is 6.58 Å². The molecular weight excluding hydrogens is 430 g/mol. The van der Waals surface area contributed by atoms with Gasteiger partial charge in [0.1, 0.15) is 18.0 Å². The van der Waals surface area contributed by atoms with Crippen molar-refractivity contribution in [3.8, 4) is 16.9 Å². The standard InChI is InChI=1S/C28H37NO5/c1-7-28(18-26(3,4)31)16-17-29(25(30)34-28)20(2)21-8-10-22(11-9-21)23-12-14-24(15-13-23)33-19-27(5,6)32/h7-15,20,31-32H,1,16-19H2,2-6H3/t20-,28-/m0/s1. The number of carbonyl (C=O) groups excluding carboxylic acids is 1. The molecule has 0 unspecified atom stereocenters. The van der Waals surface area contributed by atoms with E-state index in [1.54, 1.807) is 38.7 Å². The minimum atomic E-state index is -0.960. The van der Waals surface area contributed by atoms with Crippen LogP contribution in [0.2, 0.25) is 0 Å². The Labute approximate surface area is 202 Å². The zero-order valence-corrected chi connectivity index (χ0v) is 20.9. The van der Waals surface area contributed by atoms with Gasteiger partial charge in [-0.1, -0.05) is 43.0 Å². The van der Waals surface area contributed by atoms with Crippen molar-refractivity contribution in [2.45, 2.75) is 70.3 Å². The SMILES string of the molecule is C=C[C@@]1(CC(C)(C)O)CCN([C@@H](C)c2ccc(-c3ccc(OCC(C)(C)O)cc3)cc2)C(=O)O1. The lowest BCUT2D eigenvalue weighted by Gasteiger charge is -2.43. The smallest absolute Gasteiger partial charge is 0.411 e. The third-order valence-electron chi connectivity index (χ3n) is 6.05. The molecule has 1 aliphatic heterocycles. The molecule has 0 bridgehead atoms. The lowest BCUT2D eigenvalue weighted by Crippen LogP contribution is -2.51. The zero-order chi connectivity index (χ0) is 25.1. The van der Waals surface area contributed by atoms with E-state index in [9.17, 15) is 15.0 Å². The Morgan fingerprint density at radius 2 is 1.62 bits per heavy atom. The molecule has 6 nitrogen and oxygen atoms in total. The predicted octanol–water partition coefficient (Wildman–Crippen LogP) is 5.49. The summed E-state index contributed by atoms with van der Waals surface area (Å²) in [5.41, 5.74) is 0.432. The van der Waals surface area contributed by atoms with Gasteiger partial charge in [-0.25, -0.2) is 4.79 Å². The van der Waals surface area contributed by atoms with E-state index in [0.29, 0.717) is 25.1 Å². The van der Waals surface area contributed by atoms with Gasteiger partial charge in [-0.2, -0.15) is 0 Å². The quantitative estimate of drug-likeness (QED) is 0.477. The Morgan fingerprint density at radius 3 is 2.09 bits per heavy atom. The fourth-order valence-corrected chi connectivity index (χ4v) is 4.25. The maximum absolute atomic E-state index is 12.9. The summed E-state index contributed by atoms with van der Waals surface area (Å²) in [4.78, 5) is 14.6. The van der Waals surface area contributed by atoms with Crippen LogP contribution in [-0.4, -0.2) is 51.2 Å². The fraction of sp³-hybridized carbons (Fsp3) is 0.464. The van der Waals surface area contributed by atoms with Crippen LogP contribution in [0.3, 0.4) is 0 Å². The molecule has 2 aromatic carbocycles. The average Bonchev–Trinajstić information content (AvgIpc) is 2.76. The van der Waals surface area contributed by atoms with Crippen LogP contribution in [0.25, 0.3) is 11.1 Å². The molecule has 0 aromatic heterocycles. The first kappa shape index (κ1) is 25.8. The van der Waals surface area contributed by atoms with Gasteiger partial charge in [0, 0.05) is 19.4 Å². The van der Waals surface area contributed by atoms with Gasteiger partial charge < -0.3 is 24.6 Å². The van der Waals surface area contributed by atoms with Gasteiger partial charge in [-0.15, -0.1) is 0 Å². The first-order valence-electron chi connectivity index (χ1n) is 11.7. The van der Waals surface area contributed by atoms with Gasteiger partial charge in [0.05, 0.1) is 17.2 Å². The van der Waals surface area contributed by atoms with Gasteiger partial charge in [0.2, 0.25) is 0 Å². The fourth-order valence-electron chi connectivity index (χ4n) is 4.25.